The van der Waals surface area contributed by atoms with E-state index in [1.165, 1.54) is 11.3 Å². The van der Waals surface area contributed by atoms with Crippen LogP contribution < -0.4 is 4.74 Å². The van der Waals surface area contributed by atoms with Crippen LogP contribution in [0.3, 0.4) is 0 Å². The van der Waals surface area contributed by atoms with Gasteiger partial charge in [-0.1, -0.05) is 13.8 Å². The van der Waals surface area contributed by atoms with Gasteiger partial charge in [-0.2, -0.15) is 13.2 Å². The van der Waals surface area contributed by atoms with Crippen molar-refractivity contribution in [1.29, 1.82) is 0 Å². The van der Waals surface area contributed by atoms with E-state index in [9.17, 15) is 13.2 Å². The molecule has 0 aliphatic carbocycles. The van der Waals surface area contributed by atoms with Crippen LogP contribution in [0.2, 0.25) is 0 Å². The van der Waals surface area contributed by atoms with Crippen molar-refractivity contribution in [3.63, 3.8) is 0 Å². The molecular formula is C9H11F3OS. The summed E-state index contributed by atoms with van der Waals surface area (Å²) in [6, 6.07) is 3.37. The Morgan fingerprint density at radius 1 is 1.36 bits per heavy atom. The van der Waals surface area contributed by atoms with Gasteiger partial charge in [-0.05, 0) is 18.1 Å². The van der Waals surface area contributed by atoms with Crippen molar-refractivity contribution in [2.45, 2.75) is 25.9 Å². The van der Waals surface area contributed by atoms with E-state index in [-0.39, 0.29) is 0 Å². The van der Waals surface area contributed by atoms with E-state index in [2.05, 4.69) is 4.74 Å². The van der Waals surface area contributed by atoms with Gasteiger partial charge < -0.3 is 4.74 Å². The first kappa shape index (κ1) is 11.4. The molecule has 1 rings (SSSR count). The Kier molecular flexibility index (Phi) is 3.42. The average Bonchev–Trinajstić information content (AvgIpc) is 2.47. The molecule has 0 amide bonds. The molecule has 80 valence electrons. The Hall–Kier alpha value is -0.710. The van der Waals surface area contributed by atoms with Gasteiger partial charge in [0.1, 0.15) is 0 Å². The maximum Gasteiger partial charge on any atom is 0.422 e. The first-order valence-electron chi connectivity index (χ1n) is 4.18. The Balaban J connectivity index is 2.52. The summed E-state index contributed by atoms with van der Waals surface area (Å²) in [5.74, 6) is 0.322. The fraction of sp³-hybridized carbons (Fsp3) is 0.556. The van der Waals surface area contributed by atoms with Crippen molar-refractivity contribution in [2.75, 3.05) is 6.61 Å². The SMILES string of the molecule is CC(C)c1ccc(OCC(F)(F)F)s1. The summed E-state index contributed by atoms with van der Waals surface area (Å²) in [7, 11) is 0. The number of hydrogen-bond donors (Lipinski definition) is 0. The Labute approximate surface area is 84.5 Å². The molecule has 1 nitrogen and oxygen atoms in total. The second-order valence-electron chi connectivity index (χ2n) is 3.22. The third-order valence-corrected chi connectivity index (χ3v) is 2.85. The summed E-state index contributed by atoms with van der Waals surface area (Å²) in [6.07, 6.45) is -4.26. The van der Waals surface area contributed by atoms with Gasteiger partial charge in [0.2, 0.25) is 0 Å². The first-order chi connectivity index (χ1) is 6.38. The molecule has 0 radical (unpaired) electrons. The van der Waals surface area contributed by atoms with Crippen molar-refractivity contribution in [2.24, 2.45) is 0 Å². The van der Waals surface area contributed by atoms with Crippen LogP contribution in [-0.2, 0) is 0 Å². The highest BCUT2D eigenvalue weighted by atomic mass is 32.1. The Morgan fingerprint density at radius 3 is 2.43 bits per heavy atom. The average molecular weight is 224 g/mol. The summed E-state index contributed by atoms with van der Waals surface area (Å²) in [4.78, 5) is 1.03. The quantitative estimate of drug-likeness (QED) is 0.758. The molecule has 0 unspecified atom stereocenters. The first-order valence-corrected chi connectivity index (χ1v) is 4.99. The predicted octanol–water partition coefficient (Wildman–Crippen LogP) is 3.81. The highest BCUT2D eigenvalue weighted by molar-refractivity contribution is 7.13. The van der Waals surface area contributed by atoms with Crippen molar-refractivity contribution in [3.05, 3.63) is 17.0 Å². The summed E-state index contributed by atoms with van der Waals surface area (Å²) in [5.41, 5.74) is 0. The van der Waals surface area contributed by atoms with Crippen LogP contribution in [0.5, 0.6) is 5.06 Å². The zero-order valence-electron chi connectivity index (χ0n) is 7.89. The molecule has 0 aromatic carbocycles. The fourth-order valence-corrected chi connectivity index (χ4v) is 1.73. The smallest absolute Gasteiger partial charge is 0.422 e. The maximum absolute atomic E-state index is 11.8. The Morgan fingerprint density at radius 2 is 2.00 bits per heavy atom. The van der Waals surface area contributed by atoms with Crippen LogP contribution in [-0.4, -0.2) is 12.8 Å². The van der Waals surface area contributed by atoms with Crippen LogP contribution in [0.25, 0.3) is 0 Å². The summed E-state index contributed by atoms with van der Waals surface area (Å²) < 4.78 is 40.0. The van der Waals surface area contributed by atoms with Gasteiger partial charge in [0.15, 0.2) is 11.7 Å². The molecule has 0 aliphatic rings. The van der Waals surface area contributed by atoms with Crippen LogP contribution in [0, 0.1) is 0 Å². The lowest BCUT2D eigenvalue weighted by molar-refractivity contribution is -0.152. The third-order valence-electron chi connectivity index (χ3n) is 1.55. The van der Waals surface area contributed by atoms with Crippen molar-refractivity contribution >= 4 is 11.3 Å². The van der Waals surface area contributed by atoms with Gasteiger partial charge in [0.05, 0.1) is 0 Å². The number of ether oxygens (including phenoxy) is 1. The molecule has 0 aliphatic heterocycles. The molecule has 0 fully saturated rings. The van der Waals surface area contributed by atoms with Crippen molar-refractivity contribution in [1.82, 2.24) is 0 Å². The van der Waals surface area contributed by atoms with E-state index in [1.807, 2.05) is 13.8 Å². The second kappa shape index (κ2) is 4.21. The minimum Gasteiger partial charge on any atom is -0.475 e. The standard InChI is InChI=1S/C9H11F3OS/c1-6(2)7-3-4-8(14-7)13-5-9(10,11)12/h3-4,6H,5H2,1-2H3. The highest BCUT2D eigenvalue weighted by Gasteiger charge is 2.28. The van der Waals surface area contributed by atoms with E-state index in [4.69, 9.17) is 0 Å². The lowest BCUT2D eigenvalue weighted by Crippen LogP contribution is -2.18. The molecule has 0 atom stereocenters. The molecule has 1 aromatic rings. The zero-order valence-corrected chi connectivity index (χ0v) is 8.71. The maximum atomic E-state index is 11.8. The summed E-state index contributed by atoms with van der Waals surface area (Å²) in [5, 5.41) is 0.325. The molecule has 0 N–H and O–H groups in total. The van der Waals surface area contributed by atoms with Gasteiger partial charge in [-0.3, -0.25) is 0 Å². The molecule has 1 aromatic heterocycles. The number of halogens is 3. The van der Waals surface area contributed by atoms with Gasteiger partial charge >= 0.3 is 6.18 Å². The van der Waals surface area contributed by atoms with E-state index < -0.39 is 12.8 Å². The van der Waals surface area contributed by atoms with E-state index in [0.717, 1.165) is 4.88 Å². The van der Waals surface area contributed by atoms with Crippen LogP contribution in [0.4, 0.5) is 13.2 Å². The minimum absolute atomic E-state index is 0.322. The fourth-order valence-electron chi connectivity index (χ4n) is 0.875. The molecule has 1 heterocycles. The second-order valence-corrected chi connectivity index (χ2v) is 4.29. The number of hydrogen-bond acceptors (Lipinski definition) is 2. The van der Waals surface area contributed by atoms with Crippen LogP contribution in [0.1, 0.15) is 24.6 Å². The van der Waals surface area contributed by atoms with Gasteiger partial charge in [-0.25, -0.2) is 0 Å². The largest absolute Gasteiger partial charge is 0.475 e. The van der Waals surface area contributed by atoms with Crippen molar-refractivity contribution in [3.8, 4) is 5.06 Å². The van der Waals surface area contributed by atoms with Crippen LogP contribution in [0.15, 0.2) is 12.1 Å². The zero-order chi connectivity index (χ0) is 10.8. The van der Waals surface area contributed by atoms with Crippen LogP contribution >= 0.6 is 11.3 Å². The normalized spacial score (nSPS) is 12.1. The highest BCUT2D eigenvalue weighted by Crippen LogP contribution is 2.30. The monoisotopic (exact) mass is 224 g/mol. The molecular weight excluding hydrogens is 213 g/mol. The number of alkyl halides is 3. The van der Waals surface area contributed by atoms with Gasteiger partial charge in [-0.15, -0.1) is 11.3 Å². The lowest BCUT2D eigenvalue weighted by Gasteiger charge is -2.06. The molecule has 14 heavy (non-hydrogen) atoms. The van der Waals surface area contributed by atoms with Gasteiger partial charge in [0.25, 0.3) is 0 Å². The summed E-state index contributed by atoms with van der Waals surface area (Å²) in [6.45, 7) is 2.75. The summed E-state index contributed by atoms with van der Waals surface area (Å²) >= 11 is 1.26. The molecule has 0 bridgehead atoms. The van der Waals surface area contributed by atoms with E-state index >= 15 is 0 Å². The molecule has 0 spiro atoms. The Bertz CT molecular complexity index is 290. The van der Waals surface area contributed by atoms with Gasteiger partial charge in [0, 0.05) is 4.88 Å². The van der Waals surface area contributed by atoms with E-state index in [0.29, 0.717) is 11.0 Å². The number of rotatable bonds is 3. The molecule has 0 saturated heterocycles. The molecule has 5 heteroatoms. The van der Waals surface area contributed by atoms with Crippen molar-refractivity contribution < 1.29 is 17.9 Å². The minimum atomic E-state index is -4.26. The third kappa shape index (κ3) is 3.57. The number of thiophene rings is 1. The predicted molar refractivity (Wildman–Crippen MR) is 50.0 cm³/mol. The van der Waals surface area contributed by atoms with E-state index in [1.54, 1.807) is 12.1 Å². The topological polar surface area (TPSA) is 9.23 Å². The molecule has 0 saturated carbocycles. The lowest BCUT2D eigenvalue weighted by atomic mass is 10.2.